The number of hydrogen-bond acceptors (Lipinski definition) is 6. The van der Waals surface area contributed by atoms with Crippen LogP contribution in [0.3, 0.4) is 0 Å². The van der Waals surface area contributed by atoms with Crippen LogP contribution in [0.5, 0.6) is 0 Å². The summed E-state index contributed by atoms with van der Waals surface area (Å²) in [6.45, 7) is 12.4. The highest BCUT2D eigenvalue weighted by Crippen LogP contribution is 2.33. The Labute approximate surface area is 258 Å². The molecule has 0 spiro atoms. The molecule has 2 amide bonds. The summed E-state index contributed by atoms with van der Waals surface area (Å²) in [5, 5.41) is 9.20. The summed E-state index contributed by atoms with van der Waals surface area (Å²) in [7, 11) is 1.64. The maximum Gasteiger partial charge on any atom is 0.410 e. The molecular formula is C35H40N6O3. The predicted molar refractivity (Wildman–Crippen MR) is 176 cm³/mol. The number of aromatic nitrogens is 3. The number of benzene rings is 3. The lowest BCUT2D eigenvalue weighted by atomic mass is 9.96. The molecule has 0 aliphatic carbocycles. The molecular weight excluding hydrogens is 552 g/mol. The molecule has 9 nitrogen and oxygen atoms in total. The summed E-state index contributed by atoms with van der Waals surface area (Å²) in [6, 6.07) is 20.1. The second-order valence-corrected chi connectivity index (χ2v) is 11.5. The average Bonchev–Trinajstić information content (AvgIpc) is 3.47. The van der Waals surface area contributed by atoms with E-state index in [4.69, 9.17) is 9.72 Å². The van der Waals surface area contributed by atoms with Crippen LogP contribution in [0, 0.1) is 0 Å². The highest BCUT2D eigenvalue weighted by molar-refractivity contribution is 6.11. The topological polar surface area (TPSA) is 92.1 Å². The smallest absolute Gasteiger partial charge is 0.410 e. The fourth-order valence-electron chi connectivity index (χ4n) is 5.43. The zero-order valence-corrected chi connectivity index (χ0v) is 26.3. The van der Waals surface area contributed by atoms with Crippen LogP contribution in [0.15, 0.2) is 79.3 Å². The Morgan fingerprint density at radius 3 is 2.18 bits per heavy atom. The lowest BCUT2D eigenvalue weighted by Crippen LogP contribution is -2.50. The van der Waals surface area contributed by atoms with E-state index in [0.717, 1.165) is 57.5 Å². The molecule has 0 saturated carbocycles. The number of hydrogen-bond donors (Lipinski definition) is 1. The largest absolute Gasteiger partial charge is 0.444 e. The molecule has 0 atom stereocenters. The second kappa shape index (κ2) is 12.8. The van der Waals surface area contributed by atoms with Gasteiger partial charge in [-0.1, -0.05) is 56.3 Å². The van der Waals surface area contributed by atoms with Gasteiger partial charge >= 0.3 is 6.09 Å². The monoisotopic (exact) mass is 592 g/mol. The fourth-order valence-corrected chi connectivity index (χ4v) is 5.43. The van der Waals surface area contributed by atoms with Crippen molar-refractivity contribution in [3.8, 4) is 22.3 Å². The van der Waals surface area contributed by atoms with E-state index in [0.29, 0.717) is 18.7 Å². The van der Waals surface area contributed by atoms with Crippen molar-refractivity contribution in [1.29, 1.82) is 0 Å². The van der Waals surface area contributed by atoms with Crippen molar-refractivity contribution in [2.45, 2.75) is 40.2 Å². The van der Waals surface area contributed by atoms with Crippen molar-refractivity contribution in [3.63, 3.8) is 0 Å². The van der Waals surface area contributed by atoms with Gasteiger partial charge in [0.25, 0.3) is 5.91 Å². The van der Waals surface area contributed by atoms with E-state index in [-0.39, 0.29) is 12.0 Å². The van der Waals surface area contributed by atoms with Gasteiger partial charge in [0.05, 0.1) is 6.20 Å². The summed E-state index contributed by atoms with van der Waals surface area (Å²) < 4.78 is 7.32. The van der Waals surface area contributed by atoms with Crippen LogP contribution in [0.1, 0.15) is 45.0 Å². The van der Waals surface area contributed by atoms with E-state index >= 15 is 0 Å². The van der Waals surface area contributed by atoms with Crippen molar-refractivity contribution in [3.05, 3.63) is 84.8 Å². The van der Waals surface area contributed by atoms with Crippen molar-refractivity contribution >= 4 is 34.1 Å². The van der Waals surface area contributed by atoms with Gasteiger partial charge in [-0.05, 0) is 60.9 Å². The molecule has 1 aliphatic heterocycles. The zero-order valence-electron chi connectivity index (χ0n) is 26.3. The molecule has 228 valence electrons. The van der Waals surface area contributed by atoms with Gasteiger partial charge in [0, 0.05) is 68.0 Å². The number of ether oxygens (including phenoxy) is 1. The third-order valence-corrected chi connectivity index (χ3v) is 7.54. The van der Waals surface area contributed by atoms with Crippen molar-refractivity contribution in [1.82, 2.24) is 24.8 Å². The number of nitrogens with one attached hydrogen (secondary N) is 1. The first kappa shape index (κ1) is 30.5. The van der Waals surface area contributed by atoms with Gasteiger partial charge in [-0.15, -0.1) is 0 Å². The van der Waals surface area contributed by atoms with Crippen LogP contribution in [-0.4, -0.2) is 70.3 Å². The summed E-state index contributed by atoms with van der Waals surface area (Å²) in [5.74, 6) is -0.116. The van der Waals surface area contributed by atoms with Crippen molar-refractivity contribution in [2.24, 2.45) is 0 Å². The first-order valence-corrected chi connectivity index (χ1v) is 15.1. The van der Waals surface area contributed by atoms with Crippen molar-refractivity contribution in [2.75, 3.05) is 38.1 Å². The van der Waals surface area contributed by atoms with E-state index in [2.05, 4.69) is 39.6 Å². The van der Waals surface area contributed by atoms with Crippen LogP contribution in [0.4, 0.5) is 10.5 Å². The summed E-state index contributed by atoms with van der Waals surface area (Å²) in [4.78, 5) is 33.7. The fraction of sp³-hybridized carbons (Fsp3) is 0.314. The van der Waals surface area contributed by atoms with Crippen LogP contribution < -0.4 is 10.2 Å². The van der Waals surface area contributed by atoms with Crippen LogP contribution in [-0.2, 0) is 4.74 Å². The summed E-state index contributed by atoms with van der Waals surface area (Å²) >= 11 is 0. The molecule has 1 saturated heterocycles. The molecule has 44 heavy (non-hydrogen) atoms. The van der Waals surface area contributed by atoms with Crippen LogP contribution in [0.25, 0.3) is 38.7 Å². The number of amides is 2. The van der Waals surface area contributed by atoms with Gasteiger partial charge in [0.1, 0.15) is 5.60 Å². The first-order valence-electron chi connectivity index (χ1n) is 15.1. The first-order chi connectivity index (χ1) is 21.2. The quantitative estimate of drug-likeness (QED) is 0.251. The minimum absolute atomic E-state index is 0.116. The molecule has 0 unspecified atom stereocenters. The minimum Gasteiger partial charge on any atom is -0.444 e. The molecule has 0 bridgehead atoms. The maximum absolute atomic E-state index is 12.4. The highest BCUT2D eigenvalue weighted by atomic mass is 16.6. The number of nitrogens with zero attached hydrogens (tertiary/aromatic N) is 5. The third-order valence-electron chi connectivity index (χ3n) is 7.54. The third kappa shape index (κ3) is 6.22. The van der Waals surface area contributed by atoms with E-state index in [1.54, 1.807) is 16.5 Å². The second-order valence-electron chi connectivity index (χ2n) is 11.5. The standard InChI is InChI=1S/C33H34N6O3.C2H6/c1-33(2,3)42-32(41)38-17-15-37(16-18-38)24-13-11-22(12-14-24)23-19-35-30-29(20-36-39(30)21-23)27-9-5-8-26-25(27)7-6-10-28(26)31(40)34-4;1-2/h5-14,19-21H,15-18H2,1-4H3,(H,34,40);1-2H3. The lowest BCUT2D eigenvalue weighted by Gasteiger charge is -2.36. The Morgan fingerprint density at radius 2 is 1.50 bits per heavy atom. The Bertz CT molecular complexity index is 1780. The molecule has 5 aromatic rings. The summed E-state index contributed by atoms with van der Waals surface area (Å²) in [5.41, 5.74) is 5.88. The van der Waals surface area contributed by atoms with Crippen LogP contribution >= 0.6 is 0 Å². The maximum atomic E-state index is 12.4. The van der Waals surface area contributed by atoms with Gasteiger partial charge in [-0.2, -0.15) is 5.10 Å². The number of carbonyl (C=O) groups excluding carboxylic acids is 2. The Morgan fingerprint density at radius 1 is 0.818 bits per heavy atom. The van der Waals surface area contributed by atoms with Gasteiger partial charge in [-0.3, -0.25) is 4.79 Å². The number of carbonyl (C=O) groups is 2. The Hall–Kier alpha value is -4.92. The molecule has 2 aromatic heterocycles. The average molecular weight is 593 g/mol. The molecule has 1 N–H and O–H groups in total. The number of anilines is 1. The summed E-state index contributed by atoms with van der Waals surface area (Å²) in [6.07, 6.45) is 5.43. The minimum atomic E-state index is -0.493. The van der Waals surface area contributed by atoms with Gasteiger partial charge in [0.2, 0.25) is 0 Å². The zero-order chi connectivity index (χ0) is 31.4. The highest BCUT2D eigenvalue weighted by Gasteiger charge is 2.26. The number of piperazine rings is 1. The SMILES string of the molecule is CC.CNC(=O)c1cccc2c(-c3cnn4cc(-c5ccc(N6CCN(C(=O)OC(C)(C)C)CC6)cc5)cnc34)cccc12. The van der Waals surface area contributed by atoms with E-state index in [1.807, 2.05) is 89.6 Å². The Balaban J connectivity index is 0.00000188. The van der Waals surface area contributed by atoms with Crippen LogP contribution in [0.2, 0.25) is 0 Å². The van der Waals surface area contributed by atoms with Gasteiger partial charge in [-0.25, -0.2) is 14.3 Å². The van der Waals surface area contributed by atoms with Gasteiger partial charge in [0.15, 0.2) is 5.65 Å². The van der Waals surface area contributed by atoms with Gasteiger partial charge < -0.3 is 19.9 Å². The Kier molecular flexibility index (Phi) is 8.85. The molecule has 1 fully saturated rings. The molecule has 3 aromatic carbocycles. The predicted octanol–water partition coefficient (Wildman–Crippen LogP) is 6.66. The molecule has 1 aliphatic rings. The number of fused-ring (bicyclic) bond motifs is 2. The molecule has 0 radical (unpaired) electrons. The van der Waals surface area contributed by atoms with Crippen molar-refractivity contribution < 1.29 is 14.3 Å². The normalized spacial score (nSPS) is 13.4. The van der Waals surface area contributed by atoms with E-state index in [9.17, 15) is 9.59 Å². The van der Waals surface area contributed by atoms with E-state index < -0.39 is 5.60 Å². The lowest BCUT2D eigenvalue weighted by molar-refractivity contribution is 0.0240. The molecule has 3 heterocycles. The molecule has 6 rings (SSSR count). The van der Waals surface area contributed by atoms with E-state index in [1.165, 1.54) is 0 Å². The molecule has 9 heteroatoms. The number of rotatable bonds is 4.